The van der Waals surface area contributed by atoms with Gasteiger partial charge in [0.05, 0.1) is 0 Å². The number of halogens is 1. The molecule has 1 amide bonds. The molecule has 5 heteroatoms. The van der Waals surface area contributed by atoms with Crippen molar-refractivity contribution >= 4 is 18.0 Å². The summed E-state index contributed by atoms with van der Waals surface area (Å²) in [5.74, 6) is -1.61. The molecule has 0 radical (unpaired) electrons. The second-order valence-corrected chi connectivity index (χ2v) is 5.16. The molecule has 0 unspecified atom stereocenters. The van der Waals surface area contributed by atoms with Crippen LogP contribution in [-0.4, -0.2) is 22.5 Å². The SMILES string of the molecule is CC(C)(CCC(=O)O)NC(=O)C=Cc1cccc(F)c1. The first-order chi connectivity index (χ1) is 9.28. The molecule has 0 saturated heterocycles. The minimum atomic E-state index is -0.900. The summed E-state index contributed by atoms with van der Waals surface area (Å²) < 4.78 is 12.9. The Morgan fingerprint density at radius 3 is 2.70 bits per heavy atom. The number of carbonyl (C=O) groups excluding carboxylic acids is 1. The van der Waals surface area contributed by atoms with E-state index in [1.54, 1.807) is 26.0 Å². The molecule has 20 heavy (non-hydrogen) atoms. The van der Waals surface area contributed by atoms with Crippen LogP contribution in [0.3, 0.4) is 0 Å². The van der Waals surface area contributed by atoms with E-state index < -0.39 is 11.5 Å². The molecule has 0 atom stereocenters. The van der Waals surface area contributed by atoms with Crippen LogP contribution < -0.4 is 5.32 Å². The lowest BCUT2D eigenvalue weighted by atomic mass is 9.98. The van der Waals surface area contributed by atoms with Crippen molar-refractivity contribution in [1.29, 1.82) is 0 Å². The van der Waals surface area contributed by atoms with Crippen molar-refractivity contribution in [2.24, 2.45) is 0 Å². The van der Waals surface area contributed by atoms with Crippen molar-refractivity contribution in [2.45, 2.75) is 32.2 Å². The summed E-state index contributed by atoms with van der Waals surface area (Å²) in [6.45, 7) is 3.51. The van der Waals surface area contributed by atoms with Crippen LogP contribution in [0, 0.1) is 5.82 Å². The first-order valence-corrected chi connectivity index (χ1v) is 6.26. The number of carbonyl (C=O) groups is 2. The number of rotatable bonds is 6. The van der Waals surface area contributed by atoms with Gasteiger partial charge in [-0.05, 0) is 44.0 Å². The smallest absolute Gasteiger partial charge is 0.303 e. The van der Waals surface area contributed by atoms with Crippen LogP contribution in [0.5, 0.6) is 0 Å². The summed E-state index contributed by atoms with van der Waals surface area (Å²) in [7, 11) is 0. The normalized spacial score (nSPS) is 11.6. The van der Waals surface area contributed by atoms with Crippen LogP contribution in [0.1, 0.15) is 32.3 Å². The topological polar surface area (TPSA) is 66.4 Å². The Morgan fingerprint density at radius 2 is 2.10 bits per heavy atom. The van der Waals surface area contributed by atoms with Crippen LogP contribution in [0.2, 0.25) is 0 Å². The Balaban J connectivity index is 2.56. The van der Waals surface area contributed by atoms with E-state index in [1.165, 1.54) is 24.3 Å². The van der Waals surface area contributed by atoms with Crippen LogP contribution >= 0.6 is 0 Å². The molecule has 0 fully saturated rings. The highest BCUT2D eigenvalue weighted by Crippen LogP contribution is 2.11. The lowest BCUT2D eigenvalue weighted by Crippen LogP contribution is -2.42. The van der Waals surface area contributed by atoms with Crippen molar-refractivity contribution < 1.29 is 19.1 Å². The highest BCUT2D eigenvalue weighted by Gasteiger charge is 2.20. The number of hydrogen-bond acceptors (Lipinski definition) is 2. The molecular formula is C15H18FNO3. The summed E-state index contributed by atoms with van der Waals surface area (Å²) >= 11 is 0. The maximum absolute atomic E-state index is 12.9. The van der Waals surface area contributed by atoms with E-state index in [-0.39, 0.29) is 18.1 Å². The van der Waals surface area contributed by atoms with Crippen LogP contribution in [0.4, 0.5) is 4.39 Å². The lowest BCUT2D eigenvalue weighted by molar-refractivity contribution is -0.137. The third-order valence-corrected chi connectivity index (χ3v) is 2.70. The molecule has 0 heterocycles. The average molecular weight is 279 g/mol. The van der Waals surface area contributed by atoms with Crippen molar-refractivity contribution in [3.05, 3.63) is 41.7 Å². The van der Waals surface area contributed by atoms with Gasteiger partial charge in [0.2, 0.25) is 5.91 Å². The van der Waals surface area contributed by atoms with Gasteiger partial charge >= 0.3 is 5.97 Å². The maximum Gasteiger partial charge on any atom is 0.303 e. The Bertz CT molecular complexity index is 524. The van der Waals surface area contributed by atoms with E-state index in [9.17, 15) is 14.0 Å². The number of amides is 1. The highest BCUT2D eigenvalue weighted by atomic mass is 19.1. The zero-order valence-corrected chi connectivity index (χ0v) is 11.5. The Morgan fingerprint density at radius 1 is 1.40 bits per heavy atom. The number of aliphatic carboxylic acids is 1. The number of carboxylic acids is 1. The van der Waals surface area contributed by atoms with E-state index in [0.717, 1.165) is 0 Å². The summed E-state index contributed by atoms with van der Waals surface area (Å²) in [6, 6.07) is 5.89. The van der Waals surface area contributed by atoms with Gasteiger partial charge in [-0.25, -0.2) is 4.39 Å². The fourth-order valence-corrected chi connectivity index (χ4v) is 1.64. The predicted molar refractivity (Wildman–Crippen MR) is 74.5 cm³/mol. The summed E-state index contributed by atoms with van der Waals surface area (Å²) in [6.07, 6.45) is 3.13. The quantitative estimate of drug-likeness (QED) is 0.787. The number of benzene rings is 1. The van der Waals surface area contributed by atoms with Gasteiger partial charge < -0.3 is 10.4 Å². The largest absolute Gasteiger partial charge is 0.481 e. The molecule has 4 nitrogen and oxygen atoms in total. The maximum atomic E-state index is 12.9. The third kappa shape index (κ3) is 6.13. The fraction of sp³-hybridized carbons (Fsp3) is 0.333. The van der Waals surface area contributed by atoms with E-state index in [2.05, 4.69) is 5.32 Å². The van der Waals surface area contributed by atoms with Gasteiger partial charge in [0, 0.05) is 18.0 Å². The zero-order valence-electron chi connectivity index (χ0n) is 11.5. The molecule has 1 aromatic rings. The first kappa shape index (κ1) is 15.9. The van der Waals surface area contributed by atoms with Crippen molar-refractivity contribution in [2.75, 3.05) is 0 Å². The molecule has 2 N–H and O–H groups in total. The predicted octanol–water partition coefficient (Wildman–Crippen LogP) is 2.60. The summed E-state index contributed by atoms with van der Waals surface area (Å²) in [5, 5.41) is 11.3. The molecule has 1 aromatic carbocycles. The number of carboxylic acid groups (broad SMARTS) is 1. The Hall–Kier alpha value is -2.17. The van der Waals surface area contributed by atoms with E-state index in [1.807, 2.05) is 0 Å². The molecule has 0 aliphatic carbocycles. The van der Waals surface area contributed by atoms with Gasteiger partial charge in [0.15, 0.2) is 0 Å². The van der Waals surface area contributed by atoms with Gasteiger partial charge in [-0.1, -0.05) is 12.1 Å². The minimum absolute atomic E-state index is 0.0130. The van der Waals surface area contributed by atoms with Crippen LogP contribution in [-0.2, 0) is 9.59 Å². The molecule has 108 valence electrons. The Kier molecular flexibility index (Phi) is 5.43. The second-order valence-electron chi connectivity index (χ2n) is 5.16. The van der Waals surface area contributed by atoms with Gasteiger partial charge in [-0.2, -0.15) is 0 Å². The molecule has 0 aromatic heterocycles. The van der Waals surface area contributed by atoms with Gasteiger partial charge in [-0.3, -0.25) is 9.59 Å². The molecular weight excluding hydrogens is 261 g/mol. The van der Waals surface area contributed by atoms with Crippen molar-refractivity contribution in [3.63, 3.8) is 0 Å². The number of nitrogens with one attached hydrogen (secondary N) is 1. The van der Waals surface area contributed by atoms with E-state index >= 15 is 0 Å². The molecule has 1 rings (SSSR count). The summed E-state index contributed by atoms with van der Waals surface area (Å²) in [4.78, 5) is 22.2. The van der Waals surface area contributed by atoms with Crippen molar-refractivity contribution in [1.82, 2.24) is 5.32 Å². The average Bonchev–Trinajstić information content (AvgIpc) is 2.34. The first-order valence-electron chi connectivity index (χ1n) is 6.26. The lowest BCUT2D eigenvalue weighted by Gasteiger charge is -2.24. The highest BCUT2D eigenvalue weighted by molar-refractivity contribution is 5.92. The van der Waals surface area contributed by atoms with E-state index in [4.69, 9.17) is 5.11 Å². The molecule has 0 bridgehead atoms. The Labute approximate surface area is 117 Å². The van der Waals surface area contributed by atoms with Gasteiger partial charge in [-0.15, -0.1) is 0 Å². The van der Waals surface area contributed by atoms with Gasteiger partial charge in [0.25, 0.3) is 0 Å². The number of hydrogen-bond donors (Lipinski definition) is 2. The van der Waals surface area contributed by atoms with Crippen LogP contribution in [0.25, 0.3) is 6.08 Å². The monoisotopic (exact) mass is 279 g/mol. The molecule has 0 aliphatic rings. The van der Waals surface area contributed by atoms with Crippen molar-refractivity contribution in [3.8, 4) is 0 Å². The fourth-order valence-electron chi connectivity index (χ4n) is 1.64. The van der Waals surface area contributed by atoms with E-state index in [0.29, 0.717) is 12.0 Å². The van der Waals surface area contributed by atoms with Crippen LogP contribution in [0.15, 0.2) is 30.3 Å². The minimum Gasteiger partial charge on any atom is -0.481 e. The molecule has 0 aliphatic heterocycles. The molecule has 0 spiro atoms. The van der Waals surface area contributed by atoms with Gasteiger partial charge in [0.1, 0.15) is 5.82 Å². The molecule has 0 saturated carbocycles. The third-order valence-electron chi connectivity index (χ3n) is 2.70. The standard InChI is InChI=1S/C15H18FNO3/c1-15(2,9-8-14(19)20)17-13(18)7-6-11-4-3-5-12(16)10-11/h3-7,10H,8-9H2,1-2H3,(H,17,18)(H,19,20). The second kappa shape index (κ2) is 6.84. The zero-order chi connectivity index (χ0) is 15.2. The summed E-state index contributed by atoms with van der Waals surface area (Å²) in [5.41, 5.74) is -0.0228.